The fourth-order valence-corrected chi connectivity index (χ4v) is 2.68. The van der Waals surface area contributed by atoms with Crippen molar-refractivity contribution in [3.63, 3.8) is 0 Å². The number of hydrogen-bond donors (Lipinski definition) is 3. The lowest BCUT2D eigenvalue weighted by Crippen LogP contribution is -2.32. The molecular formula is C16H24N2O2. The smallest absolute Gasteiger partial charge is 0.251 e. The van der Waals surface area contributed by atoms with Gasteiger partial charge in [-0.3, -0.25) is 4.79 Å². The molecule has 1 aromatic carbocycles. The zero-order chi connectivity index (χ0) is 14.4. The molecule has 2 rings (SSSR count). The van der Waals surface area contributed by atoms with Crippen molar-refractivity contribution in [2.45, 2.75) is 38.2 Å². The Balaban J connectivity index is 1.79. The van der Waals surface area contributed by atoms with E-state index < -0.39 is 0 Å². The lowest BCUT2D eigenvalue weighted by atomic mass is 9.87. The van der Waals surface area contributed by atoms with E-state index in [9.17, 15) is 9.90 Å². The standard InChI is InChI=1S/C16H24N2O2/c17-10-9-12-1-5-14(6-2-12)16(20)18-11-13-3-7-15(19)8-4-13/h1-2,5-6,13,15,19H,3-4,7-11,17H2,(H,18,20). The van der Waals surface area contributed by atoms with Gasteiger partial charge in [0.25, 0.3) is 5.91 Å². The number of carbonyl (C=O) groups is 1. The molecule has 1 aliphatic rings. The molecule has 0 unspecified atom stereocenters. The minimum atomic E-state index is -0.142. The Kier molecular flexibility index (Phi) is 5.56. The van der Waals surface area contributed by atoms with E-state index in [2.05, 4.69) is 5.32 Å². The van der Waals surface area contributed by atoms with E-state index in [1.807, 2.05) is 24.3 Å². The molecule has 0 spiro atoms. The maximum Gasteiger partial charge on any atom is 0.251 e. The predicted molar refractivity (Wildman–Crippen MR) is 79.5 cm³/mol. The van der Waals surface area contributed by atoms with Crippen LogP contribution in [-0.4, -0.2) is 30.2 Å². The number of aliphatic hydroxyl groups is 1. The SMILES string of the molecule is NCCc1ccc(C(=O)NCC2CCC(O)CC2)cc1. The molecular weight excluding hydrogens is 252 g/mol. The van der Waals surface area contributed by atoms with Crippen LogP contribution < -0.4 is 11.1 Å². The van der Waals surface area contributed by atoms with Crippen LogP contribution in [0, 0.1) is 5.92 Å². The fraction of sp³-hybridized carbons (Fsp3) is 0.562. The molecule has 0 bridgehead atoms. The summed E-state index contributed by atoms with van der Waals surface area (Å²) in [5.41, 5.74) is 7.35. The Morgan fingerprint density at radius 1 is 1.20 bits per heavy atom. The number of nitrogens with two attached hydrogens (primary N) is 1. The molecule has 110 valence electrons. The van der Waals surface area contributed by atoms with E-state index in [4.69, 9.17) is 5.73 Å². The number of hydrogen-bond acceptors (Lipinski definition) is 3. The number of amides is 1. The minimum Gasteiger partial charge on any atom is -0.393 e. The van der Waals surface area contributed by atoms with Gasteiger partial charge in [0, 0.05) is 12.1 Å². The molecule has 0 aromatic heterocycles. The number of aliphatic hydroxyl groups excluding tert-OH is 1. The van der Waals surface area contributed by atoms with Gasteiger partial charge in [0.05, 0.1) is 6.10 Å². The van der Waals surface area contributed by atoms with Crippen LogP contribution in [0.15, 0.2) is 24.3 Å². The second-order valence-corrected chi connectivity index (χ2v) is 5.62. The molecule has 1 saturated carbocycles. The van der Waals surface area contributed by atoms with Gasteiger partial charge in [-0.15, -0.1) is 0 Å². The maximum atomic E-state index is 12.0. The molecule has 4 heteroatoms. The zero-order valence-corrected chi connectivity index (χ0v) is 11.8. The van der Waals surface area contributed by atoms with Gasteiger partial charge in [0.1, 0.15) is 0 Å². The Labute approximate surface area is 120 Å². The zero-order valence-electron chi connectivity index (χ0n) is 11.8. The van der Waals surface area contributed by atoms with Crippen molar-refractivity contribution >= 4 is 5.91 Å². The van der Waals surface area contributed by atoms with Crippen molar-refractivity contribution in [3.05, 3.63) is 35.4 Å². The van der Waals surface area contributed by atoms with E-state index in [-0.39, 0.29) is 12.0 Å². The van der Waals surface area contributed by atoms with Crippen LogP contribution in [0.5, 0.6) is 0 Å². The Hall–Kier alpha value is -1.39. The van der Waals surface area contributed by atoms with E-state index in [0.29, 0.717) is 24.6 Å². The van der Waals surface area contributed by atoms with E-state index in [0.717, 1.165) is 37.7 Å². The molecule has 0 radical (unpaired) electrons. The summed E-state index contributed by atoms with van der Waals surface area (Å²) in [6.45, 7) is 1.33. The first-order valence-electron chi connectivity index (χ1n) is 7.44. The summed E-state index contributed by atoms with van der Waals surface area (Å²) in [5, 5.41) is 12.4. The summed E-state index contributed by atoms with van der Waals surface area (Å²) >= 11 is 0. The van der Waals surface area contributed by atoms with Gasteiger partial charge in [-0.2, -0.15) is 0 Å². The first-order chi connectivity index (χ1) is 9.69. The van der Waals surface area contributed by atoms with E-state index >= 15 is 0 Å². The normalized spacial score (nSPS) is 22.5. The van der Waals surface area contributed by atoms with Crippen molar-refractivity contribution in [2.24, 2.45) is 11.7 Å². The summed E-state index contributed by atoms with van der Waals surface area (Å²) < 4.78 is 0. The van der Waals surface area contributed by atoms with Gasteiger partial charge in [0.15, 0.2) is 0 Å². The van der Waals surface area contributed by atoms with Gasteiger partial charge in [-0.05, 0) is 62.3 Å². The predicted octanol–water partition coefficient (Wildman–Crippen LogP) is 1.47. The summed E-state index contributed by atoms with van der Waals surface area (Å²) in [7, 11) is 0. The number of benzene rings is 1. The van der Waals surface area contributed by atoms with Crippen LogP contribution in [-0.2, 0) is 6.42 Å². The average molecular weight is 276 g/mol. The molecule has 1 aliphatic carbocycles. The van der Waals surface area contributed by atoms with Crippen molar-refractivity contribution in [1.29, 1.82) is 0 Å². The largest absolute Gasteiger partial charge is 0.393 e. The van der Waals surface area contributed by atoms with Gasteiger partial charge >= 0.3 is 0 Å². The maximum absolute atomic E-state index is 12.0. The lowest BCUT2D eigenvalue weighted by molar-refractivity contribution is 0.0910. The number of rotatable bonds is 5. The van der Waals surface area contributed by atoms with Gasteiger partial charge < -0.3 is 16.2 Å². The van der Waals surface area contributed by atoms with Crippen LogP contribution in [0.1, 0.15) is 41.6 Å². The van der Waals surface area contributed by atoms with Crippen LogP contribution in [0.3, 0.4) is 0 Å². The highest BCUT2D eigenvalue weighted by Gasteiger charge is 2.19. The molecule has 4 N–H and O–H groups in total. The van der Waals surface area contributed by atoms with E-state index in [1.54, 1.807) is 0 Å². The topological polar surface area (TPSA) is 75.4 Å². The number of carbonyl (C=O) groups excluding carboxylic acids is 1. The fourth-order valence-electron chi connectivity index (χ4n) is 2.68. The van der Waals surface area contributed by atoms with Crippen molar-refractivity contribution in [1.82, 2.24) is 5.32 Å². The molecule has 1 aromatic rings. The minimum absolute atomic E-state index is 0.0181. The third-order valence-electron chi connectivity index (χ3n) is 4.02. The molecule has 0 aliphatic heterocycles. The Morgan fingerprint density at radius 2 is 1.85 bits per heavy atom. The van der Waals surface area contributed by atoms with Crippen LogP contribution >= 0.6 is 0 Å². The lowest BCUT2D eigenvalue weighted by Gasteiger charge is -2.25. The van der Waals surface area contributed by atoms with Crippen molar-refractivity contribution < 1.29 is 9.90 Å². The van der Waals surface area contributed by atoms with Gasteiger partial charge in [-0.25, -0.2) is 0 Å². The van der Waals surface area contributed by atoms with Crippen LogP contribution in [0.2, 0.25) is 0 Å². The van der Waals surface area contributed by atoms with Crippen LogP contribution in [0.25, 0.3) is 0 Å². The second-order valence-electron chi connectivity index (χ2n) is 5.62. The summed E-state index contributed by atoms with van der Waals surface area (Å²) in [6.07, 6.45) is 4.40. The average Bonchev–Trinajstić information content (AvgIpc) is 2.47. The third kappa shape index (κ3) is 4.32. The molecule has 1 amide bonds. The molecule has 1 fully saturated rings. The Morgan fingerprint density at radius 3 is 2.45 bits per heavy atom. The second kappa shape index (κ2) is 7.41. The highest BCUT2D eigenvalue weighted by molar-refractivity contribution is 5.94. The van der Waals surface area contributed by atoms with Gasteiger partial charge in [-0.1, -0.05) is 12.1 Å². The van der Waals surface area contributed by atoms with Crippen molar-refractivity contribution in [2.75, 3.05) is 13.1 Å². The Bertz CT molecular complexity index is 423. The first-order valence-corrected chi connectivity index (χ1v) is 7.44. The monoisotopic (exact) mass is 276 g/mol. The highest BCUT2D eigenvalue weighted by Crippen LogP contribution is 2.23. The molecule has 0 heterocycles. The number of nitrogens with one attached hydrogen (secondary N) is 1. The molecule has 4 nitrogen and oxygen atoms in total. The first kappa shape index (κ1) is 15.0. The summed E-state index contributed by atoms with van der Waals surface area (Å²) in [5.74, 6) is 0.481. The van der Waals surface area contributed by atoms with E-state index in [1.165, 1.54) is 0 Å². The summed E-state index contributed by atoms with van der Waals surface area (Å²) in [4.78, 5) is 12.0. The summed E-state index contributed by atoms with van der Waals surface area (Å²) in [6, 6.07) is 7.62. The van der Waals surface area contributed by atoms with Crippen LogP contribution in [0.4, 0.5) is 0 Å². The third-order valence-corrected chi connectivity index (χ3v) is 4.02. The quantitative estimate of drug-likeness (QED) is 0.762. The molecule has 0 atom stereocenters. The van der Waals surface area contributed by atoms with Crippen molar-refractivity contribution in [3.8, 4) is 0 Å². The molecule has 0 saturated heterocycles. The van der Waals surface area contributed by atoms with Gasteiger partial charge in [0.2, 0.25) is 0 Å². The molecule has 20 heavy (non-hydrogen) atoms. The highest BCUT2D eigenvalue weighted by atomic mass is 16.3.